The molecule has 0 aliphatic carbocycles. The zero-order valence-electron chi connectivity index (χ0n) is 11.8. The predicted molar refractivity (Wildman–Crippen MR) is 78.4 cm³/mol. The van der Waals surface area contributed by atoms with Crippen LogP contribution in [-0.4, -0.2) is 60.3 Å². The third kappa shape index (κ3) is 4.69. The van der Waals surface area contributed by atoms with Crippen LogP contribution in [0.3, 0.4) is 0 Å². The van der Waals surface area contributed by atoms with Crippen molar-refractivity contribution in [1.82, 2.24) is 20.3 Å². The van der Waals surface area contributed by atoms with E-state index in [0.29, 0.717) is 16.6 Å². The number of hydrogen-bond acceptors (Lipinski definition) is 7. The summed E-state index contributed by atoms with van der Waals surface area (Å²) in [5, 5.41) is 21.9. The van der Waals surface area contributed by atoms with E-state index in [2.05, 4.69) is 24.8 Å². The van der Waals surface area contributed by atoms with Crippen LogP contribution in [0.1, 0.15) is 5.56 Å². The smallest absolute Gasteiger partial charge is 0.395 e. The predicted octanol–water partition coefficient (Wildman–Crippen LogP) is -1.83. The lowest BCUT2D eigenvalue weighted by molar-refractivity contribution is 0.0381. The molecule has 2 atom stereocenters. The van der Waals surface area contributed by atoms with Crippen LogP contribution in [-0.2, 0) is 15.6 Å². The molecule has 7 N–H and O–H groups in total. The number of fused-ring (bicyclic) bond motifs is 1. The van der Waals surface area contributed by atoms with Gasteiger partial charge >= 0.3 is 7.82 Å². The standard InChI is InChI=1S/C11H17N4O7P/c16-3-7(8(17)4-22-23(19,20)21)12-1-6-2-13-10-9(6)14-5-15-11(10)18/h2,5,7-8,12-13,16-17H,1,3-4H2,(H,14,15,18)(H2,19,20,21)/t7-,8-/m1/s1. The Labute approximate surface area is 129 Å². The highest BCUT2D eigenvalue weighted by atomic mass is 31.2. The number of phosphoric ester groups is 1. The lowest BCUT2D eigenvalue weighted by Gasteiger charge is -2.22. The zero-order valence-corrected chi connectivity index (χ0v) is 12.7. The summed E-state index contributed by atoms with van der Waals surface area (Å²) in [5.74, 6) is 0. The first-order valence-corrected chi connectivity index (χ1v) is 8.11. The van der Waals surface area contributed by atoms with Gasteiger partial charge in [0.2, 0.25) is 0 Å². The van der Waals surface area contributed by atoms with E-state index in [1.807, 2.05) is 0 Å². The Bertz CT molecular complexity index is 754. The van der Waals surface area contributed by atoms with Crippen molar-refractivity contribution in [3.05, 3.63) is 28.4 Å². The molecule has 0 aromatic carbocycles. The number of aliphatic hydroxyl groups is 2. The normalized spacial score (nSPS) is 15.0. The SMILES string of the molecule is O=c1[nH]cnc2c(CN[C@H](CO)[C@H](O)COP(=O)(O)O)c[nH]c12. The van der Waals surface area contributed by atoms with Gasteiger partial charge in [0.25, 0.3) is 5.56 Å². The van der Waals surface area contributed by atoms with Crippen molar-refractivity contribution in [2.75, 3.05) is 13.2 Å². The molecule has 0 spiro atoms. The molecule has 2 heterocycles. The third-order valence-corrected chi connectivity index (χ3v) is 3.66. The quantitative estimate of drug-likeness (QED) is 0.270. The molecule has 2 aromatic rings. The average Bonchev–Trinajstić information content (AvgIpc) is 2.90. The van der Waals surface area contributed by atoms with Gasteiger partial charge in [0.05, 0.1) is 37.2 Å². The van der Waals surface area contributed by atoms with Gasteiger partial charge in [0.15, 0.2) is 0 Å². The van der Waals surface area contributed by atoms with Gasteiger partial charge in [0, 0.05) is 18.3 Å². The topological polar surface area (TPSA) is 181 Å². The molecule has 2 rings (SSSR count). The minimum atomic E-state index is -4.70. The summed E-state index contributed by atoms with van der Waals surface area (Å²) in [6, 6.07) is -0.881. The second-order valence-electron chi connectivity index (χ2n) is 4.79. The summed E-state index contributed by atoms with van der Waals surface area (Å²) in [4.78, 5) is 38.0. The number of aliphatic hydroxyl groups excluding tert-OH is 2. The highest BCUT2D eigenvalue weighted by Gasteiger charge is 2.23. The van der Waals surface area contributed by atoms with Gasteiger partial charge in [-0.3, -0.25) is 9.32 Å². The summed E-state index contributed by atoms with van der Waals surface area (Å²) < 4.78 is 14.8. The number of phosphoric acid groups is 1. The molecule has 0 saturated heterocycles. The largest absolute Gasteiger partial charge is 0.469 e. The summed E-state index contributed by atoms with van der Waals surface area (Å²) in [7, 11) is -4.70. The first-order chi connectivity index (χ1) is 10.8. The molecule has 128 valence electrons. The fourth-order valence-electron chi connectivity index (χ4n) is 1.99. The molecule has 0 bridgehead atoms. The third-order valence-electron chi connectivity index (χ3n) is 3.18. The number of hydrogen-bond donors (Lipinski definition) is 7. The van der Waals surface area contributed by atoms with Crippen molar-refractivity contribution in [1.29, 1.82) is 0 Å². The van der Waals surface area contributed by atoms with E-state index in [1.54, 1.807) is 6.20 Å². The Kier molecular flexibility index (Phi) is 5.65. The molecule has 0 aliphatic rings. The Morgan fingerprint density at radius 3 is 2.78 bits per heavy atom. The summed E-state index contributed by atoms with van der Waals surface area (Å²) >= 11 is 0. The van der Waals surface area contributed by atoms with Gasteiger partial charge in [-0.1, -0.05) is 0 Å². The molecule has 0 unspecified atom stereocenters. The average molecular weight is 348 g/mol. The minimum absolute atomic E-state index is 0.161. The van der Waals surface area contributed by atoms with Gasteiger partial charge in [-0.2, -0.15) is 0 Å². The van der Waals surface area contributed by atoms with Crippen LogP contribution in [0.15, 0.2) is 17.3 Å². The van der Waals surface area contributed by atoms with E-state index < -0.39 is 33.2 Å². The second-order valence-corrected chi connectivity index (χ2v) is 6.03. The molecule has 2 aromatic heterocycles. The molecule has 23 heavy (non-hydrogen) atoms. The molecular formula is C11H17N4O7P. The van der Waals surface area contributed by atoms with Crippen LogP contribution >= 0.6 is 7.82 Å². The second kappa shape index (κ2) is 7.32. The van der Waals surface area contributed by atoms with E-state index in [9.17, 15) is 19.6 Å². The van der Waals surface area contributed by atoms with E-state index >= 15 is 0 Å². The van der Waals surface area contributed by atoms with Crippen molar-refractivity contribution >= 4 is 18.9 Å². The van der Waals surface area contributed by atoms with Gasteiger partial charge in [-0.05, 0) is 0 Å². The van der Waals surface area contributed by atoms with Gasteiger partial charge in [-0.25, -0.2) is 9.55 Å². The monoisotopic (exact) mass is 348 g/mol. The molecule has 11 nitrogen and oxygen atoms in total. The van der Waals surface area contributed by atoms with Crippen LogP contribution in [0.4, 0.5) is 0 Å². The molecule has 0 radical (unpaired) electrons. The van der Waals surface area contributed by atoms with Crippen LogP contribution in [0, 0.1) is 0 Å². The van der Waals surface area contributed by atoms with Crippen LogP contribution in [0.2, 0.25) is 0 Å². The Hall–Kier alpha value is -1.59. The maximum Gasteiger partial charge on any atom is 0.469 e. The number of aromatic amines is 2. The van der Waals surface area contributed by atoms with E-state index in [0.717, 1.165) is 0 Å². The molecule has 0 saturated carbocycles. The Morgan fingerprint density at radius 2 is 2.13 bits per heavy atom. The summed E-state index contributed by atoms with van der Waals surface area (Å²) in [6.45, 7) is -0.967. The molecule has 0 fully saturated rings. The fraction of sp³-hybridized carbons (Fsp3) is 0.455. The van der Waals surface area contributed by atoms with Crippen LogP contribution in [0.25, 0.3) is 11.0 Å². The van der Waals surface area contributed by atoms with E-state index in [4.69, 9.17) is 9.79 Å². The Balaban J connectivity index is 2.00. The maximum atomic E-state index is 11.6. The van der Waals surface area contributed by atoms with E-state index in [-0.39, 0.29) is 12.1 Å². The van der Waals surface area contributed by atoms with Gasteiger partial charge < -0.3 is 35.3 Å². The minimum Gasteiger partial charge on any atom is -0.395 e. The highest BCUT2D eigenvalue weighted by Crippen LogP contribution is 2.35. The first-order valence-electron chi connectivity index (χ1n) is 6.58. The van der Waals surface area contributed by atoms with Gasteiger partial charge in [0.1, 0.15) is 5.52 Å². The molecule has 0 amide bonds. The number of H-pyrrole nitrogens is 2. The van der Waals surface area contributed by atoms with Crippen molar-refractivity contribution < 1.29 is 29.1 Å². The van der Waals surface area contributed by atoms with Crippen molar-refractivity contribution in [3.63, 3.8) is 0 Å². The van der Waals surface area contributed by atoms with Crippen molar-refractivity contribution in [2.45, 2.75) is 18.7 Å². The van der Waals surface area contributed by atoms with Crippen molar-refractivity contribution in [3.8, 4) is 0 Å². The van der Waals surface area contributed by atoms with Crippen LogP contribution in [0.5, 0.6) is 0 Å². The number of nitrogens with one attached hydrogen (secondary N) is 3. The van der Waals surface area contributed by atoms with Crippen LogP contribution < -0.4 is 10.9 Å². The summed E-state index contributed by atoms with van der Waals surface area (Å²) in [5.41, 5.74) is 1.05. The summed E-state index contributed by atoms with van der Waals surface area (Å²) in [6.07, 6.45) is 1.48. The highest BCUT2D eigenvalue weighted by molar-refractivity contribution is 7.46. The molecule has 12 heteroatoms. The van der Waals surface area contributed by atoms with Gasteiger partial charge in [-0.15, -0.1) is 0 Å². The number of aromatic nitrogens is 3. The van der Waals surface area contributed by atoms with E-state index in [1.165, 1.54) is 6.33 Å². The fourth-order valence-corrected chi connectivity index (χ4v) is 2.34. The maximum absolute atomic E-state index is 11.6. The zero-order chi connectivity index (χ0) is 17.0. The first kappa shape index (κ1) is 17.8. The van der Waals surface area contributed by atoms with Crippen molar-refractivity contribution in [2.24, 2.45) is 0 Å². The number of rotatable bonds is 8. The number of nitrogens with zero attached hydrogens (tertiary/aromatic N) is 1. The lowest BCUT2D eigenvalue weighted by atomic mass is 10.1. The Morgan fingerprint density at radius 1 is 1.39 bits per heavy atom. The lowest BCUT2D eigenvalue weighted by Crippen LogP contribution is -2.44. The molecular weight excluding hydrogens is 331 g/mol. The molecule has 0 aliphatic heterocycles.